The first kappa shape index (κ1) is 15.3. The van der Waals surface area contributed by atoms with Gasteiger partial charge in [0.05, 0.1) is 12.0 Å². The summed E-state index contributed by atoms with van der Waals surface area (Å²) in [6, 6.07) is 14.4. The molecule has 124 valence electrons. The van der Waals surface area contributed by atoms with Crippen molar-refractivity contribution >= 4 is 5.78 Å². The lowest BCUT2D eigenvalue weighted by Gasteiger charge is -2.44. The van der Waals surface area contributed by atoms with Crippen molar-refractivity contribution in [3.05, 3.63) is 65.5 Å². The maximum Gasteiger partial charge on any atom is 0.170 e. The van der Waals surface area contributed by atoms with Gasteiger partial charge in [0.15, 0.2) is 5.78 Å². The Morgan fingerprint density at radius 1 is 1.04 bits per heavy atom. The molecule has 2 aliphatic heterocycles. The van der Waals surface area contributed by atoms with E-state index in [0.29, 0.717) is 24.3 Å². The lowest BCUT2D eigenvalue weighted by Crippen LogP contribution is -2.50. The minimum atomic E-state index is -0.392. The van der Waals surface area contributed by atoms with Crippen molar-refractivity contribution in [3.8, 4) is 5.75 Å². The van der Waals surface area contributed by atoms with E-state index in [1.807, 2.05) is 36.4 Å². The van der Waals surface area contributed by atoms with Gasteiger partial charge in [0.1, 0.15) is 17.2 Å². The maximum atomic E-state index is 13.8. The van der Waals surface area contributed by atoms with Gasteiger partial charge in [-0.3, -0.25) is 9.69 Å². The molecular weight excluding hydrogens is 305 g/mol. The zero-order valence-corrected chi connectivity index (χ0v) is 13.5. The van der Waals surface area contributed by atoms with Gasteiger partial charge in [0.2, 0.25) is 0 Å². The highest BCUT2D eigenvalue weighted by Crippen LogP contribution is 2.39. The van der Waals surface area contributed by atoms with Gasteiger partial charge in [-0.2, -0.15) is 0 Å². The first-order chi connectivity index (χ1) is 11.7. The minimum absolute atomic E-state index is 0.157. The minimum Gasteiger partial charge on any atom is -0.486 e. The topological polar surface area (TPSA) is 29.5 Å². The number of Topliss-reactive ketones (excluding diaryl/α,β-unsaturated/α-hetero) is 1. The fourth-order valence-corrected chi connectivity index (χ4v) is 3.71. The summed E-state index contributed by atoms with van der Waals surface area (Å²) >= 11 is 0. The van der Waals surface area contributed by atoms with E-state index in [1.165, 1.54) is 6.07 Å². The number of para-hydroxylation sites is 1. The van der Waals surface area contributed by atoms with Gasteiger partial charge in [0.25, 0.3) is 0 Å². The average Bonchev–Trinajstić information content (AvgIpc) is 2.59. The number of hydrogen-bond donors (Lipinski definition) is 0. The van der Waals surface area contributed by atoms with E-state index in [-0.39, 0.29) is 11.6 Å². The Balaban J connectivity index is 1.45. The van der Waals surface area contributed by atoms with Gasteiger partial charge in [-0.25, -0.2) is 4.39 Å². The van der Waals surface area contributed by atoms with Crippen molar-refractivity contribution in [3.63, 3.8) is 0 Å². The summed E-state index contributed by atoms with van der Waals surface area (Å²) in [7, 11) is 0. The number of hydrogen-bond acceptors (Lipinski definition) is 3. The van der Waals surface area contributed by atoms with Gasteiger partial charge in [-0.05, 0) is 18.2 Å². The van der Waals surface area contributed by atoms with Crippen LogP contribution in [0.2, 0.25) is 0 Å². The molecule has 2 heterocycles. The van der Waals surface area contributed by atoms with Gasteiger partial charge in [-0.1, -0.05) is 30.3 Å². The standard InChI is InChI=1S/C20H20FNO2/c21-17-7-3-1-5-15(17)14-22-11-9-20(10-12-22)13-18(23)16-6-2-4-8-19(16)24-20/h1-8H,9-14H2. The number of likely N-dealkylation sites (tertiary alicyclic amines) is 1. The molecule has 2 aliphatic rings. The second-order valence-corrected chi connectivity index (χ2v) is 6.75. The highest BCUT2D eigenvalue weighted by Gasteiger charge is 2.42. The van der Waals surface area contributed by atoms with E-state index in [0.717, 1.165) is 31.5 Å². The third kappa shape index (κ3) is 2.82. The number of ether oxygens (including phenoxy) is 1. The molecular formula is C20H20FNO2. The fourth-order valence-electron chi connectivity index (χ4n) is 3.71. The van der Waals surface area contributed by atoms with Crippen LogP contribution in [0.1, 0.15) is 35.2 Å². The predicted octanol–water partition coefficient (Wildman–Crippen LogP) is 3.83. The normalized spacial score (nSPS) is 19.8. The Labute approximate surface area is 141 Å². The van der Waals surface area contributed by atoms with Crippen molar-refractivity contribution in [2.75, 3.05) is 13.1 Å². The molecule has 4 rings (SSSR count). The van der Waals surface area contributed by atoms with Crippen molar-refractivity contribution in [2.24, 2.45) is 0 Å². The quantitative estimate of drug-likeness (QED) is 0.840. The van der Waals surface area contributed by atoms with E-state index in [9.17, 15) is 9.18 Å². The average molecular weight is 325 g/mol. The van der Waals surface area contributed by atoms with E-state index in [2.05, 4.69) is 4.90 Å². The van der Waals surface area contributed by atoms with Gasteiger partial charge in [0, 0.05) is 38.0 Å². The van der Waals surface area contributed by atoms with Gasteiger partial charge in [-0.15, -0.1) is 0 Å². The number of carbonyl (C=O) groups excluding carboxylic acids is 1. The fraction of sp³-hybridized carbons (Fsp3) is 0.350. The molecule has 0 aliphatic carbocycles. The number of benzene rings is 2. The van der Waals surface area contributed by atoms with E-state index >= 15 is 0 Å². The first-order valence-corrected chi connectivity index (χ1v) is 8.42. The van der Waals surface area contributed by atoms with Crippen molar-refractivity contribution < 1.29 is 13.9 Å². The molecule has 0 unspecified atom stereocenters. The molecule has 0 aromatic heterocycles. The zero-order valence-electron chi connectivity index (χ0n) is 13.5. The number of carbonyl (C=O) groups is 1. The molecule has 2 aromatic rings. The molecule has 0 saturated carbocycles. The van der Waals surface area contributed by atoms with E-state index in [4.69, 9.17) is 4.74 Å². The first-order valence-electron chi connectivity index (χ1n) is 8.42. The SMILES string of the molecule is O=C1CC2(CCN(Cc3ccccc3F)CC2)Oc2ccccc21. The van der Waals surface area contributed by atoms with Gasteiger partial charge < -0.3 is 4.74 Å². The maximum absolute atomic E-state index is 13.8. The van der Waals surface area contributed by atoms with Crippen LogP contribution in [0, 0.1) is 5.82 Å². The second kappa shape index (κ2) is 6.02. The summed E-state index contributed by atoms with van der Waals surface area (Å²) in [5.41, 5.74) is 1.02. The molecule has 0 bridgehead atoms. The van der Waals surface area contributed by atoms with Crippen molar-refractivity contribution in [2.45, 2.75) is 31.4 Å². The number of nitrogens with zero attached hydrogens (tertiary/aromatic N) is 1. The van der Waals surface area contributed by atoms with Gasteiger partial charge >= 0.3 is 0 Å². The summed E-state index contributed by atoms with van der Waals surface area (Å²) in [6.45, 7) is 2.22. The molecule has 3 nitrogen and oxygen atoms in total. The molecule has 2 aromatic carbocycles. The summed E-state index contributed by atoms with van der Waals surface area (Å²) in [5, 5.41) is 0. The van der Waals surface area contributed by atoms with Crippen LogP contribution < -0.4 is 4.74 Å². The molecule has 0 atom stereocenters. The summed E-state index contributed by atoms with van der Waals surface area (Å²) in [5.74, 6) is 0.714. The van der Waals surface area contributed by atoms with Crippen LogP contribution >= 0.6 is 0 Å². The predicted molar refractivity (Wildman–Crippen MR) is 89.7 cm³/mol. The Kier molecular flexibility index (Phi) is 3.85. The highest BCUT2D eigenvalue weighted by atomic mass is 19.1. The monoisotopic (exact) mass is 325 g/mol. The molecule has 0 N–H and O–H groups in total. The van der Waals surface area contributed by atoms with Crippen LogP contribution in [0.5, 0.6) is 5.75 Å². The third-order valence-corrected chi connectivity index (χ3v) is 5.12. The van der Waals surface area contributed by atoms with E-state index < -0.39 is 5.60 Å². The molecule has 1 spiro atoms. The number of rotatable bonds is 2. The molecule has 4 heteroatoms. The van der Waals surface area contributed by atoms with Crippen LogP contribution in [0.15, 0.2) is 48.5 Å². The Morgan fingerprint density at radius 2 is 1.75 bits per heavy atom. The summed E-state index contributed by atoms with van der Waals surface area (Å²) in [4.78, 5) is 14.7. The van der Waals surface area contributed by atoms with Crippen LogP contribution in [-0.2, 0) is 6.54 Å². The summed E-state index contributed by atoms with van der Waals surface area (Å²) in [6.07, 6.45) is 2.03. The molecule has 24 heavy (non-hydrogen) atoms. The largest absolute Gasteiger partial charge is 0.486 e. The molecule has 0 radical (unpaired) electrons. The second-order valence-electron chi connectivity index (χ2n) is 6.75. The number of halogens is 1. The van der Waals surface area contributed by atoms with Crippen LogP contribution in [0.25, 0.3) is 0 Å². The molecule has 1 fully saturated rings. The molecule has 0 amide bonds. The lowest BCUT2D eigenvalue weighted by atomic mass is 9.82. The Hall–Kier alpha value is -2.20. The van der Waals surface area contributed by atoms with Crippen molar-refractivity contribution in [1.29, 1.82) is 0 Å². The van der Waals surface area contributed by atoms with E-state index in [1.54, 1.807) is 6.07 Å². The number of ketones is 1. The smallest absolute Gasteiger partial charge is 0.170 e. The van der Waals surface area contributed by atoms with Crippen LogP contribution in [0.3, 0.4) is 0 Å². The van der Waals surface area contributed by atoms with Crippen LogP contribution in [-0.4, -0.2) is 29.4 Å². The Morgan fingerprint density at radius 3 is 2.54 bits per heavy atom. The number of piperidine rings is 1. The highest BCUT2D eigenvalue weighted by molar-refractivity contribution is 6.00. The lowest BCUT2D eigenvalue weighted by molar-refractivity contribution is -0.0109. The summed E-state index contributed by atoms with van der Waals surface area (Å²) < 4.78 is 20.0. The zero-order chi connectivity index (χ0) is 16.6. The third-order valence-electron chi connectivity index (χ3n) is 5.12. The van der Waals surface area contributed by atoms with Crippen molar-refractivity contribution in [1.82, 2.24) is 4.90 Å². The molecule has 1 saturated heterocycles. The Bertz CT molecular complexity index is 766. The number of fused-ring (bicyclic) bond motifs is 1. The van der Waals surface area contributed by atoms with Crippen LogP contribution in [0.4, 0.5) is 4.39 Å².